The summed E-state index contributed by atoms with van der Waals surface area (Å²) in [5.74, 6) is -0.774. The highest BCUT2D eigenvalue weighted by atomic mass is 16.4. The molecule has 1 aromatic heterocycles. The Morgan fingerprint density at radius 3 is 2.00 bits per heavy atom. The van der Waals surface area contributed by atoms with E-state index in [0.29, 0.717) is 12.8 Å². The first-order valence-electron chi connectivity index (χ1n) is 6.91. The molecular weight excluding hydrogens is 242 g/mol. The van der Waals surface area contributed by atoms with Gasteiger partial charge in [-0.2, -0.15) is 0 Å². The predicted octanol–water partition coefficient (Wildman–Crippen LogP) is 2.60. The van der Waals surface area contributed by atoms with E-state index >= 15 is 0 Å². The van der Waals surface area contributed by atoms with Gasteiger partial charge in [-0.1, -0.05) is 25.7 Å². The normalized spacial score (nSPS) is 18.8. The lowest BCUT2D eigenvalue weighted by Gasteiger charge is -2.34. The van der Waals surface area contributed by atoms with E-state index in [9.17, 15) is 14.7 Å². The minimum atomic E-state index is -0.877. The number of rotatable bonds is 2. The van der Waals surface area contributed by atoms with Crippen molar-refractivity contribution >= 4 is 5.97 Å². The maximum Gasteiger partial charge on any atom is 0.329 e. The molecule has 1 aliphatic carbocycles. The van der Waals surface area contributed by atoms with Gasteiger partial charge in [0.05, 0.1) is 0 Å². The summed E-state index contributed by atoms with van der Waals surface area (Å²) in [5.41, 5.74) is 0.558. The molecule has 1 N–H and O–H groups in total. The second-order valence-corrected chi connectivity index (χ2v) is 5.56. The van der Waals surface area contributed by atoms with Crippen LogP contribution in [-0.2, 0) is 10.3 Å². The van der Waals surface area contributed by atoms with Crippen LogP contribution in [0.2, 0.25) is 0 Å². The maximum atomic E-state index is 11.9. The molecule has 1 heterocycles. The summed E-state index contributed by atoms with van der Waals surface area (Å²) in [6, 6.07) is 3.06. The molecule has 0 bridgehead atoms. The van der Waals surface area contributed by atoms with Gasteiger partial charge in [0.1, 0.15) is 5.54 Å². The second kappa shape index (κ2) is 5.19. The highest BCUT2D eigenvalue weighted by Crippen LogP contribution is 2.35. The van der Waals surface area contributed by atoms with Gasteiger partial charge in [-0.15, -0.1) is 0 Å². The standard InChI is InChI=1S/C15H21NO3/c1-11-9-13(17)10-12(2)16(11)15(14(18)19)7-5-3-4-6-8-15/h9-10H,3-8H2,1-2H3,(H,18,19). The number of nitrogens with zero attached hydrogens (tertiary/aromatic N) is 1. The van der Waals surface area contributed by atoms with Crippen LogP contribution in [0.25, 0.3) is 0 Å². The fourth-order valence-electron chi connectivity index (χ4n) is 3.38. The van der Waals surface area contributed by atoms with Gasteiger partial charge in [-0.05, 0) is 26.7 Å². The zero-order valence-corrected chi connectivity index (χ0v) is 11.6. The Morgan fingerprint density at radius 1 is 1.11 bits per heavy atom. The van der Waals surface area contributed by atoms with Crippen molar-refractivity contribution in [3.63, 3.8) is 0 Å². The van der Waals surface area contributed by atoms with Gasteiger partial charge in [0, 0.05) is 23.5 Å². The van der Waals surface area contributed by atoms with Crippen LogP contribution in [0.5, 0.6) is 0 Å². The van der Waals surface area contributed by atoms with Gasteiger partial charge in [-0.25, -0.2) is 4.79 Å². The molecule has 1 aliphatic rings. The maximum absolute atomic E-state index is 11.9. The van der Waals surface area contributed by atoms with E-state index in [0.717, 1.165) is 37.1 Å². The molecular formula is C15H21NO3. The van der Waals surface area contributed by atoms with Gasteiger partial charge >= 0.3 is 5.97 Å². The molecule has 4 heteroatoms. The Hall–Kier alpha value is -1.58. The number of aliphatic carboxylic acids is 1. The lowest BCUT2D eigenvalue weighted by atomic mass is 9.88. The lowest BCUT2D eigenvalue weighted by molar-refractivity contribution is -0.148. The third kappa shape index (κ3) is 2.44. The average Bonchev–Trinajstić information content (AvgIpc) is 2.54. The van der Waals surface area contributed by atoms with Crippen LogP contribution in [0.3, 0.4) is 0 Å². The molecule has 0 aromatic carbocycles. The summed E-state index contributed by atoms with van der Waals surface area (Å²) < 4.78 is 1.86. The number of pyridine rings is 1. The van der Waals surface area contributed by atoms with Crippen LogP contribution in [0.15, 0.2) is 16.9 Å². The van der Waals surface area contributed by atoms with Crippen LogP contribution in [-0.4, -0.2) is 15.6 Å². The highest BCUT2D eigenvalue weighted by molar-refractivity contribution is 5.77. The highest BCUT2D eigenvalue weighted by Gasteiger charge is 2.41. The molecule has 0 unspecified atom stereocenters. The van der Waals surface area contributed by atoms with Crippen molar-refractivity contribution in [3.05, 3.63) is 33.7 Å². The third-order valence-corrected chi connectivity index (χ3v) is 4.16. The number of carboxylic acids is 1. The molecule has 0 atom stereocenters. The van der Waals surface area contributed by atoms with Crippen LogP contribution < -0.4 is 5.43 Å². The average molecular weight is 263 g/mol. The molecule has 1 fully saturated rings. The summed E-state index contributed by atoms with van der Waals surface area (Å²) in [6.45, 7) is 3.65. The van der Waals surface area contributed by atoms with Crippen molar-refractivity contribution in [1.29, 1.82) is 0 Å². The summed E-state index contributed by atoms with van der Waals surface area (Å²) in [5, 5.41) is 9.79. The van der Waals surface area contributed by atoms with E-state index in [1.807, 2.05) is 18.4 Å². The molecule has 1 saturated carbocycles. The number of aromatic nitrogens is 1. The minimum Gasteiger partial charge on any atom is -0.479 e. The van der Waals surface area contributed by atoms with Gasteiger partial charge < -0.3 is 9.67 Å². The molecule has 19 heavy (non-hydrogen) atoms. The molecule has 2 rings (SSSR count). The molecule has 0 spiro atoms. The van der Waals surface area contributed by atoms with Gasteiger partial charge in [-0.3, -0.25) is 4.79 Å². The van der Waals surface area contributed by atoms with Crippen LogP contribution in [0, 0.1) is 13.8 Å². The number of carboxylic acid groups (broad SMARTS) is 1. The third-order valence-electron chi connectivity index (χ3n) is 4.16. The largest absolute Gasteiger partial charge is 0.479 e. The molecule has 0 amide bonds. The minimum absolute atomic E-state index is 0.0552. The Labute approximate surface area is 113 Å². The Morgan fingerprint density at radius 2 is 1.58 bits per heavy atom. The molecule has 1 aromatic rings. The summed E-state index contributed by atoms with van der Waals surface area (Å²) in [6.07, 6.45) is 5.33. The van der Waals surface area contributed by atoms with Crippen molar-refractivity contribution in [2.45, 2.75) is 57.9 Å². The van der Waals surface area contributed by atoms with Gasteiger partial charge in [0.15, 0.2) is 5.43 Å². The van der Waals surface area contributed by atoms with Crippen molar-refractivity contribution in [2.24, 2.45) is 0 Å². The summed E-state index contributed by atoms with van der Waals surface area (Å²) in [4.78, 5) is 23.4. The van der Waals surface area contributed by atoms with E-state index < -0.39 is 11.5 Å². The molecule has 4 nitrogen and oxygen atoms in total. The fourth-order valence-corrected chi connectivity index (χ4v) is 3.38. The second-order valence-electron chi connectivity index (χ2n) is 5.56. The van der Waals surface area contributed by atoms with Crippen LogP contribution in [0.4, 0.5) is 0 Å². The first kappa shape index (κ1) is 13.8. The van der Waals surface area contributed by atoms with Crippen molar-refractivity contribution < 1.29 is 9.90 Å². The first-order chi connectivity index (χ1) is 8.97. The monoisotopic (exact) mass is 263 g/mol. The van der Waals surface area contributed by atoms with E-state index in [4.69, 9.17) is 0 Å². The fraction of sp³-hybridized carbons (Fsp3) is 0.600. The van der Waals surface area contributed by atoms with E-state index in [1.54, 1.807) is 0 Å². The number of hydrogen-bond acceptors (Lipinski definition) is 2. The molecule has 0 aliphatic heterocycles. The van der Waals surface area contributed by atoms with Gasteiger partial charge in [0.25, 0.3) is 0 Å². The zero-order valence-electron chi connectivity index (χ0n) is 11.6. The SMILES string of the molecule is Cc1cc(=O)cc(C)n1C1(C(=O)O)CCCCCC1. The van der Waals surface area contributed by atoms with E-state index in [2.05, 4.69) is 0 Å². The van der Waals surface area contributed by atoms with Gasteiger partial charge in [0.2, 0.25) is 0 Å². The number of aryl methyl sites for hydroxylation is 2. The quantitative estimate of drug-likeness (QED) is 0.834. The number of carbonyl (C=O) groups is 1. The summed E-state index contributed by atoms with van der Waals surface area (Å²) >= 11 is 0. The van der Waals surface area contributed by atoms with Crippen LogP contribution in [0.1, 0.15) is 49.9 Å². The smallest absolute Gasteiger partial charge is 0.329 e. The van der Waals surface area contributed by atoms with E-state index in [1.165, 1.54) is 12.1 Å². The Balaban J connectivity index is 2.62. The Kier molecular flexibility index (Phi) is 3.78. The zero-order chi connectivity index (χ0) is 14.0. The van der Waals surface area contributed by atoms with Crippen molar-refractivity contribution in [3.8, 4) is 0 Å². The Bertz CT molecular complexity index is 511. The number of hydrogen-bond donors (Lipinski definition) is 1. The molecule has 0 saturated heterocycles. The van der Waals surface area contributed by atoms with E-state index in [-0.39, 0.29) is 5.43 Å². The topological polar surface area (TPSA) is 59.3 Å². The predicted molar refractivity (Wildman–Crippen MR) is 73.5 cm³/mol. The first-order valence-corrected chi connectivity index (χ1v) is 6.91. The van der Waals surface area contributed by atoms with Crippen LogP contribution >= 0.6 is 0 Å². The molecule has 104 valence electrons. The van der Waals surface area contributed by atoms with Crippen molar-refractivity contribution in [1.82, 2.24) is 4.57 Å². The summed E-state index contributed by atoms with van der Waals surface area (Å²) in [7, 11) is 0. The van der Waals surface area contributed by atoms with Crippen molar-refractivity contribution in [2.75, 3.05) is 0 Å². The molecule has 0 radical (unpaired) electrons. The lowest BCUT2D eigenvalue weighted by Crippen LogP contribution is -2.44.